The lowest BCUT2D eigenvalue weighted by Crippen LogP contribution is -1.96. The molecule has 0 aliphatic heterocycles. The minimum atomic E-state index is -0.684. The van der Waals surface area contributed by atoms with Crippen molar-refractivity contribution in [3.8, 4) is 11.3 Å². The molecule has 0 N–H and O–H groups in total. The van der Waals surface area contributed by atoms with Crippen molar-refractivity contribution in [1.29, 1.82) is 0 Å². The van der Waals surface area contributed by atoms with Gasteiger partial charge in [-0.3, -0.25) is 0 Å². The highest BCUT2D eigenvalue weighted by molar-refractivity contribution is 14.1. The van der Waals surface area contributed by atoms with Crippen LogP contribution in [0, 0.1) is 15.5 Å². The van der Waals surface area contributed by atoms with Crippen LogP contribution in [0.1, 0.15) is 0 Å². The van der Waals surface area contributed by atoms with Crippen LogP contribution in [-0.2, 0) is 0 Å². The van der Waals surface area contributed by atoms with Crippen LogP contribution >= 0.6 is 22.6 Å². The van der Waals surface area contributed by atoms with Crippen molar-refractivity contribution in [1.82, 2.24) is 9.97 Å². The highest BCUT2D eigenvalue weighted by atomic mass is 127. The third-order valence-corrected chi connectivity index (χ3v) is 2.56. The molecule has 0 saturated carbocycles. The van der Waals surface area contributed by atoms with Gasteiger partial charge in [-0.2, -0.15) is 4.39 Å². The first-order valence-electron chi connectivity index (χ1n) is 4.11. The van der Waals surface area contributed by atoms with E-state index in [1.54, 1.807) is 34.7 Å². The number of hydrogen-bond donors (Lipinski definition) is 0. The van der Waals surface area contributed by atoms with E-state index < -0.39 is 11.8 Å². The van der Waals surface area contributed by atoms with Gasteiger partial charge in [-0.1, -0.05) is 12.1 Å². The van der Waals surface area contributed by atoms with Gasteiger partial charge in [0, 0.05) is 5.56 Å². The molecule has 2 nitrogen and oxygen atoms in total. The number of benzene rings is 1. The summed E-state index contributed by atoms with van der Waals surface area (Å²) < 4.78 is 26.6. The maximum atomic E-state index is 13.3. The predicted octanol–water partition coefficient (Wildman–Crippen LogP) is 3.03. The maximum Gasteiger partial charge on any atom is 0.245 e. The van der Waals surface area contributed by atoms with E-state index in [0.717, 1.165) is 0 Å². The van der Waals surface area contributed by atoms with Crippen molar-refractivity contribution in [2.24, 2.45) is 0 Å². The van der Waals surface area contributed by atoms with Crippen molar-refractivity contribution in [3.63, 3.8) is 0 Å². The molecule has 0 radical (unpaired) electrons. The van der Waals surface area contributed by atoms with Crippen LogP contribution in [0.3, 0.4) is 0 Å². The van der Waals surface area contributed by atoms with Crippen LogP contribution in [0.2, 0.25) is 0 Å². The third kappa shape index (κ3) is 2.11. The Hall–Kier alpha value is -1.11. The Morgan fingerprint density at radius 3 is 2.53 bits per heavy atom. The van der Waals surface area contributed by atoms with Crippen LogP contribution in [0.4, 0.5) is 8.78 Å². The molecule has 1 aromatic carbocycles. The Bertz CT molecular complexity index is 503. The Kier molecular flexibility index (Phi) is 2.90. The molecule has 5 heteroatoms. The molecule has 0 spiro atoms. The summed E-state index contributed by atoms with van der Waals surface area (Å²) in [5.41, 5.74) is 0.450. The van der Waals surface area contributed by atoms with Crippen molar-refractivity contribution in [2.75, 3.05) is 0 Å². The molecular weight excluding hydrogens is 313 g/mol. The first-order chi connectivity index (χ1) is 7.18. The molecule has 2 aromatic rings. The summed E-state index contributed by atoms with van der Waals surface area (Å²) in [6.07, 6.45) is 1.35. The van der Waals surface area contributed by atoms with E-state index >= 15 is 0 Å². The van der Waals surface area contributed by atoms with E-state index in [4.69, 9.17) is 0 Å². The van der Waals surface area contributed by atoms with E-state index in [1.807, 2.05) is 0 Å². The Morgan fingerprint density at radius 2 is 1.87 bits per heavy atom. The fourth-order valence-electron chi connectivity index (χ4n) is 1.15. The van der Waals surface area contributed by atoms with Gasteiger partial charge >= 0.3 is 0 Å². The molecule has 76 valence electrons. The monoisotopic (exact) mass is 318 g/mol. The average Bonchev–Trinajstić information content (AvgIpc) is 2.23. The lowest BCUT2D eigenvalue weighted by Gasteiger charge is -2.02. The fourth-order valence-corrected chi connectivity index (χ4v) is 1.41. The Morgan fingerprint density at radius 1 is 1.13 bits per heavy atom. The molecule has 0 unspecified atom stereocenters. The number of aromatic nitrogens is 2. The zero-order valence-corrected chi connectivity index (χ0v) is 9.57. The van der Waals surface area contributed by atoms with Crippen LogP contribution in [0.25, 0.3) is 11.3 Å². The second-order valence-electron chi connectivity index (χ2n) is 2.82. The van der Waals surface area contributed by atoms with Gasteiger partial charge in [0.15, 0.2) is 3.70 Å². The second kappa shape index (κ2) is 4.18. The zero-order chi connectivity index (χ0) is 10.8. The summed E-state index contributed by atoms with van der Waals surface area (Å²) in [5.74, 6) is -1.12. The first kappa shape index (κ1) is 10.4. The van der Waals surface area contributed by atoms with Crippen LogP contribution in [0.15, 0.2) is 30.5 Å². The SMILES string of the molecule is Fc1ccccc1-c1cnc(I)c(F)n1. The predicted molar refractivity (Wildman–Crippen MR) is 60.1 cm³/mol. The minimum Gasteiger partial charge on any atom is -0.243 e. The lowest BCUT2D eigenvalue weighted by atomic mass is 10.1. The molecule has 0 atom stereocenters. The van der Waals surface area contributed by atoms with E-state index in [-0.39, 0.29) is 15.0 Å². The number of halogens is 3. The fraction of sp³-hybridized carbons (Fsp3) is 0. The topological polar surface area (TPSA) is 25.8 Å². The van der Waals surface area contributed by atoms with Crippen molar-refractivity contribution >= 4 is 22.6 Å². The summed E-state index contributed by atoms with van der Waals surface area (Å²) in [4.78, 5) is 7.41. The highest BCUT2D eigenvalue weighted by Gasteiger charge is 2.09. The zero-order valence-electron chi connectivity index (χ0n) is 7.42. The number of hydrogen-bond acceptors (Lipinski definition) is 2. The molecule has 0 aliphatic rings. The standard InChI is InChI=1S/C10H5F2IN2/c11-7-4-2-1-3-6(7)8-5-14-10(13)9(12)15-8/h1-5H. The molecule has 1 heterocycles. The van der Waals surface area contributed by atoms with E-state index in [1.165, 1.54) is 18.3 Å². The largest absolute Gasteiger partial charge is 0.245 e. The van der Waals surface area contributed by atoms with Crippen LogP contribution < -0.4 is 0 Å². The maximum absolute atomic E-state index is 13.3. The molecule has 0 bridgehead atoms. The van der Waals surface area contributed by atoms with E-state index in [2.05, 4.69) is 9.97 Å². The summed E-state index contributed by atoms with van der Waals surface area (Å²) in [6.45, 7) is 0. The van der Waals surface area contributed by atoms with Crippen molar-refractivity contribution in [2.45, 2.75) is 0 Å². The average molecular weight is 318 g/mol. The van der Waals surface area contributed by atoms with Gasteiger partial charge in [-0.05, 0) is 34.7 Å². The van der Waals surface area contributed by atoms with Crippen molar-refractivity contribution in [3.05, 3.63) is 45.9 Å². The number of rotatable bonds is 1. The molecule has 15 heavy (non-hydrogen) atoms. The van der Waals surface area contributed by atoms with Crippen molar-refractivity contribution < 1.29 is 8.78 Å². The van der Waals surface area contributed by atoms with E-state index in [0.29, 0.717) is 0 Å². The van der Waals surface area contributed by atoms with Gasteiger partial charge in [0.25, 0.3) is 0 Å². The van der Waals surface area contributed by atoms with Gasteiger partial charge < -0.3 is 0 Å². The number of nitrogens with zero attached hydrogens (tertiary/aromatic N) is 2. The summed E-state index contributed by atoms with van der Waals surface area (Å²) in [5, 5.41) is 0. The molecule has 2 rings (SSSR count). The minimum absolute atomic E-state index is 0.174. The highest BCUT2D eigenvalue weighted by Crippen LogP contribution is 2.20. The van der Waals surface area contributed by atoms with Gasteiger partial charge in [0.1, 0.15) is 5.82 Å². The van der Waals surface area contributed by atoms with Crippen LogP contribution in [-0.4, -0.2) is 9.97 Å². The van der Waals surface area contributed by atoms with Gasteiger partial charge in [-0.25, -0.2) is 14.4 Å². The summed E-state index contributed by atoms with van der Waals surface area (Å²) in [6, 6.07) is 6.06. The van der Waals surface area contributed by atoms with Crippen LogP contribution in [0.5, 0.6) is 0 Å². The van der Waals surface area contributed by atoms with E-state index in [9.17, 15) is 8.78 Å². The molecule has 0 aliphatic carbocycles. The molecule has 0 amide bonds. The third-order valence-electron chi connectivity index (χ3n) is 1.84. The normalized spacial score (nSPS) is 10.3. The molecule has 0 saturated heterocycles. The molecule has 0 fully saturated rings. The quantitative estimate of drug-likeness (QED) is 0.756. The molecule has 1 aromatic heterocycles. The Labute approximate surface area is 98.5 Å². The van der Waals surface area contributed by atoms with Gasteiger partial charge in [0.2, 0.25) is 5.95 Å². The second-order valence-corrected chi connectivity index (χ2v) is 3.84. The van der Waals surface area contributed by atoms with Gasteiger partial charge in [-0.15, -0.1) is 0 Å². The lowest BCUT2D eigenvalue weighted by molar-refractivity contribution is 0.567. The summed E-state index contributed by atoms with van der Waals surface area (Å²) in [7, 11) is 0. The smallest absolute Gasteiger partial charge is 0.243 e. The van der Waals surface area contributed by atoms with Gasteiger partial charge in [0.05, 0.1) is 11.9 Å². The summed E-state index contributed by atoms with van der Waals surface area (Å²) >= 11 is 1.73. The first-order valence-corrected chi connectivity index (χ1v) is 5.19. The Balaban J connectivity index is 2.55. The molecular formula is C10H5F2IN2.